The molecular formula is C16H22N4O2. The van der Waals surface area contributed by atoms with E-state index in [1.807, 2.05) is 24.1 Å². The molecule has 1 N–H and O–H groups in total. The summed E-state index contributed by atoms with van der Waals surface area (Å²) in [5.74, 6) is 0.970. The van der Waals surface area contributed by atoms with Crippen LogP contribution in [0, 0.1) is 0 Å². The first-order chi connectivity index (χ1) is 10.7. The van der Waals surface area contributed by atoms with Gasteiger partial charge in [0.25, 0.3) is 0 Å². The van der Waals surface area contributed by atoms with Gasteiger partial charge >= 0.3 is 0 Å². The van der Waals surface area contributed by atoms with Gasteiger partial charge in [-0.25, -0.2) is 4.98 Å². The van der Waals surface area contributed by atoms with Crippen LogP contribution in [0.4, 0.5) is 5.82 Å². The molecule has 1 aromatic rings. The molecule has 2 aliphatic rings. The molecule has 2 saturated heterocycles. The van der Waals surface area contributed by atoms with E-state index in [0.717, 1.165) is 37.2 Å². The molecule has 0 aliphatic carbocycles. The van der Waals surface area contributed by atoms with Crippen LogP contribution in [-0.2, 0) is 9.59 Å². The number of carbonyl (C=O) groups excluding carboxylic acids is 2. The Morgan fingerprint density at radius 2 is 2.27 bits per heavy atom. The van der Waals surface area contributed by atoms with Crippen LogP contribution in [0.2, 0.25) is 0 Å². The standard InChI is InChI=1S/C16H22N4O2/c1-17-14-10-12(6-7-18-14)13-4-2-9-20(13)16(22)11-19-8-3-5-15(19)21/h6-7,10,13H,2-5,8-9,11H2,1H3,(H,17,18)/t13-/m0/s1. The van der Waals surface area contributed by atoms with Crippen LogP contribution in [0.15, 0.2) is 18.3 Å². The summed E-state index contributed by atoms with van der Waals surface area (Å²) in [7, 11) is 1.84. The molecular weight excluding hydrogens is 280 g/mol. The predicted molar refractivity (Wildman–Crippen MR) is 83.3 cm³/mol. The molecule has 0 bridgehead atoms. The van der Waals surface area contributed by atoms with Crippen LogP contribution in [-0.4, -0.2) is 53.3 Å². The van der Waals surface area contributed by atoms with Gasteiger partial charge in [0.2, 0.25) is 11.8 Å². The lowest BCUT2D eigenvalue weighted by Crippen LogP contribution is -2.40. The van der Waals surface area contributed by atoms with E-state index in [9.17, 15) is 9.59 Å². The fourth-order valence-corrected chi connectivity index (χ4v) is 3.33. The highest BCUT2D eigenvalue weighted by Crippen LogP contribution is 2.32. The summed E-state index contributed by atoms with van der Waals surface area (Å²) < 4.78 is 0. The van der Waals surface area contributed by atoms with Gasteiger partial charge in [-0.2, -0.15) is 0 Å². The Balaban J connectivity index is 1.72. The van der Waals surface area contributed by atoms with Gasteiger partial charge in [0, 0.05) is 32.8 Å². The number of rotatable bonds is 4. The van der Waals surface area contributed by atoms with Crippen molar-refractivity contribution in [1.82, 2.24) is 14.8 Å². The second kappa shape index (κ2) is 6.34. The Morgan fingerprint density at radius 3 is 3.00 bits per heavy atom. The molecule has 2 aliphatic heterocycles. The quantitative estimate of drug-likeness (QED) is 0.913. The van der Waals surface area contributed by atoms with Crippen molar-refractivity contribution in [3.63, 3.8) is 0 Å². The van der Waals surface area contributed by atoms with E-state index >= 15 is 0 Å². The summed E-state index contributed by atoms with van der Waals surface area (Å²) in [5, 5.41) is 3.03. The number of likely N-dealkylation sites (tertiary alicyclic amines) is 2. The van der Waals surface area contributed by atoms with E-state index in [4.69, 9.17) is 0 Å². The van der Waals surface area contributed by atoms with E-state index in [0.29, 0.717) is 13.0 Å². The maximum Gasteiger partial charge on any atom is 0.242 e. The maximum atomic E-state index is 12.6. The number of hydrogen-bond donors (Lipinski definition) is 1. The summed E-state index contributed by atoms with van der Waals surface area (Å²) in [5.41, 5.74) is 1.11. The minimum absolute atomic E-state index is 0.0561. The fraction of sp³-hybridized carbons (Fsp3) is 0.562. The van der Waals surface area contributed by atoms with Crippen LogP contribution in [0.25, 0.3) is 0 Å². The highest BCUT2D eigenvalue weighted by atomic mass is 16.2. The molecule has 3 rings (SSSR count). The van der Waals surface area contributed by atoms with E-state index in [2.05, 4.69) is 10.3 Å². The van der Waals surface area contributed by atoms with E-state index < -0.39 is 0 Å². The van der Waals surface area contributed by atoms with Crippen molar-refractivity contribution >= 4 is 17.6 Å². The van der Waals surface area contributed by atoms with Crippen molar-refractivity contribution in [2.24, 2.45) is 0 Å². The Hall–Kier alpha value is -2.11. The SMILES string of the molecule is CNc1cc([C@@H]2CCCN2C(=O)CN2CCCC2=O)ccn1. The number of nitrogens with zero attached hydrogens (tertiary/aromatic N) is 3. The molecule has 0 radical (unpaired) electrons. The lowest BCUT2D eigenvalue weighted by molar-refractivity contribution is -0.139. The summed E-state index contributed by atoms with van der Waals surface area (Å²) in [6.07, 6.45) is 5.18. The molecule has 0 aromatic carbocycles. The van der Waals surface area contributed by atoms with Crippen LogP contribution in [0.3, 0.4) is 0 Å². The van der Waals surface area contributed by atoms with Gasteiger partial charge in [-0.15, -0.1) is 0 Å². The molecule has 1 aromatic heterocycles. The number of amides is 2. The van der Waals surface area contributed by atoms with E-state index in [-0.39, 0.29) is 24.4 Å². The number of carbonyl (C=O) groups is 2. The molecule has 1 atom stereocenters. The average molecular weight is 302 g/mol. The second-order valence-electron chi connectivity index (χ2n) is 5.89. The predicted octanol–water partition coefficient (Wildman–Crippen LogP) is 1.41. The van der Waals surface area contributed by atoms with Crippen molar-refractivity contribution < 1.29 is 9.59 Å². The highest BCUT2D eigenvalue weighted by Gasteiger charge is 2.32. The fourth-order valence-electron chi connectivity index (χ4n) is 3.33. The Morgan fingerprint density at radius 1 is 1.41 bits per heavy atom. The number of nitrogens with one attached hydrogen (secondary N) is 1. The third-order valence-electron chi connectivity index (χ3n) is 4.50. The average Bonchev–Trinajstić information content (AvgIpc) is 3.17. The largest absolute Gasteiger partial charge is 0.373 e. The molecule has 0 spiro atoms. The summed E-state index contributed by atoms with van der Waals surface area (Å²) in [4.78, 5) is 32.1. The minimum atomic E-state index is 0.0561. The lowest BCUT2D eigenvalue weighted by Gasteiger charge is -2.27. The van der Waals surface area contributed by atoms with Crippen molar-refractivity contribution in [3.8, 4) is 0 Å². The molecule has 3 heterocycles. The lowest BCUT2D eigenvalue weighted by atomic mass is 10.1. The smallest absolute Gasteiger partial charge is 0.242 e. The van der Waals surface area contributed by atoms with Crippen LogP contribution >= 0.6 is 0 Å². The zero-order chi connectivity index (χ0) is 15.5. The van der Waals surface area contributed by atoms with Crippen molar-refractivity contribution in [1.29, 1.82) is 0 Å². The number of hydrogen-bond acceptors (Lipinski definition) is 4. The second-order valence-corrected chi connectivity index (χ2v) is 5.89. The van der Waals surface area contributed by atoms with Crippen LogP contribution in [0.1, 0.15) is 37.3 Å². The van der Waals surface area contributed by atoms with Crippen molar-refractivity contribution in [2.75, 3.05) is 32.0 Å². The summed E-state index contributed by atoms with van der Waals surface area (Å²) >= 11 is 0. The Kier molecular flexibility index (Phi) is 4.27. The third-order valence-corrected chi connectivity index (χ3v) is 4.50. The Labute approximate surface area is 130 Å². The molecule has 0 saturated carbocycles. The van der Waals surface area contributed by atoms with Crippen LogP contribution in [0.5, 0.6) is 0 Å². The van der Waals surface area contributed by atoms with Gasteiger partial charge in [0.15, 0.2) is 0 Å². The normalized spacial score (nSPS) is 21.5. The number of aromatic nitrogens is 1. The summed E-state index contributed by atoms with van der Waals surface area (Å²) in [6, 6.07) is 4.07. The molecule has 2 amide bonds. The van der Waals surface area contributed by atoms with Gasteiger partial charge in [0.1, 0.15) is 5.82 Å². The third kappa shape index (κ3) is 2.91. The first kappa shape index (κ1) is 14.8. The Bertz CT molecular complexity index is 575. The van der Waals surface area contributed by atoms with E-state index in [1.54, 1.807) is 11.1 Å². The maximum absolute atomic E-state index is 12.6. The first-order valence-corrected chi connectivity index (χ1v) is 7.90. The van der Waals surface area contributed by atoms with Gasteiger partial charge in [-0.1, -0.05) is 0 Å². The molecule has 6 nitrogen and oxygen atoms in total. The number of anilines is 1. The molecule has 22 heavy (non-hydrogen) atoms. The van der Waals surface area contributed by atoms with Crippen LogP contribution < -0.4 is 5.32 Å². The summed E-state index contributed by atoms with van der Waals surface area (Å²) in [6.45, 7) is 1.70. The molecule has 0 unspecified atom stereocenters. The molecule has 118 valence electrons. The monoisotopic (exact) mass is 302 g/mol. The zero-order valence-electron chi connectivity index (χ0n) is 12.9. The topological polar surface area (TPSA) is 65.5 Å². The molecule has 6 heteroatoms. The molecule has 2 fully saturated rings. The highest BCUT2D eigenvalue weighted by molar-refractivity contribution is 5.86. The zero-order valence-corrected chi connectivity index (χ0v) is 12.9. The van der Waals surface area contributed by atoms with Gasteiger partial charge < -0.3 is 15.1 Å². The van der Waals surface area contributed by atoms with Gasteiger partial charge in [-0.3, -0.25) is 9.59 Å². The minimum Gasteiger partial charge on any atom is -0.373 e. The van der Waals surface area contributed by atoms with Gasteiger partial charge in [0.05, 0.1) is 12.6 Å². The first-order valence-electron chi connectivity index (χ1n) is 7.90. The van der Waals surface area contributed by atoms with Crippen molar-refractivity contribution in [3.05, 3.63) is 23.9 Å². The number of pyridine rings is 1. The van der Waals surface area contributed by atoms with Crippen molar-refractivity contribution in [2.45, 2.75) is 31.7 Å². The van der Waals surface area contributed by atoms with E-state index in [1.165, 1.54) is 0 Å². The van der Waals surface area contributed by atoms with Gasteiger partial charge in [-0.05, 0) is 37.0 Å².